The number of fused-ring (bicyclic) bond motifs is 1. The van der Waals surface area contributed by atoms with Crippen LogP contribution in [0.15, 0.2) is 126 Å². The molecule has 12 heteroatoms. The number of nitrogens with zero attached hydrogens (tertiary/aromatic N) is 3. The molecule has 300 valence electrons. The SMILES string of the molecule is O=C1CCC(n2ncc(Oc3ccc(CCCCOc4ccc([C@@H]5c6ccc(OCc7ccccc7)cc6CC[C@@H]5c5ccc(F)cc5)cc4)nc3)c(Cl)c2=O)C(=O)N1. The Morgan fingerprint density at radius 1 is 0.780 bits per heavy atom. The molecule has 1 saturated heterocycles. The second-order valence-electron chi connectivity index (χ2n) is 14.8. The predicted molar refractivity (Wildman–Crippen MR) is 221 cm³/mol. The van der Waals surface area contributed by atoms with Crippen molar-refractivity contribution < 1.29 is 28.2 Å². The van der Waals surface area contributed by atoms with Crippen molar-refractivity contribution in [2.45, 2.75) is 69.4 Å². The summed E-state index contributed by atoms with van der Waals surface area (Å²) in [6.45, 7) is 1.06. The standard InChI is InChI=1S/C47H42ClFN4O6/c48-45-42(28-51-53(47(45)56)41-23-24-43(54)52-46(41)55)59-38-19-16-35(50-27-38)8-4-5-25-57-36-17-11-32(12-18-36)44-39(31-9-14-34(49)15-10-31)21-13-33-26-37(20-22-40(33)44)58-29-30-6-2-1-3-7-30/h1-3,6-7,9-12,14-20,22,26-28,39,41,44H,4-5,8,13,21,23-25,29H2,(H,52,54,55)/t39-,41?,44+/m1/s1. The normalized spacial score (nSPS) is 17.5. The van der Waals surface area contributed by atoms with Crippen LogP contribution < -0.4 is 25.1 Å². The zero-order valence-electron chi connectivity index (χ0n) is 32.2. The van der Waals surface area contributed by atoms with Crippen LogP contribution in [0.3, 0.4) is 0 Å². The Morgan fingerprint density at radius 3 is 2.31 bits per heavy atom. The molecule has 2 aliphatic rings. The van der Waals surface area contributed by atoms with Crippen LogP contribution in [0.5, 0.6) is 23.0 Å². The lowest BCUT2D eigenvalue weighted by molar-refractivity contribution is -0.136. The van der Waals surface area contributed by atoms with Crippen molar-refractivity contribution in [2.75, 3.05) is 6.61 Å². The van der Waals surface area contributed by atoms with E-state index in [9.17, 15) is 18.8 Å². The maximum absolute atomic E-state index is 13.9. The molecular weight excluding hydrogens is 771 g/mol. The number of hydrogen-bond acceptors (Lipinski definition) is 8. The molecule has 0 spiro atoms. The molecule has 59 heavy (non-hydrogen) atoms. The van der Waals surface area contributed by atoms with Crippen LogP contribution in [0.1, 0.15) is 83.5 Å². The molecular formula is C47H42ClFN4O6. The molecule has 1 aliphatic carbocycles. The Balaban J connectivity index is 0.850. The highest BCUT2D eigenvalue weighted by Gasteiger charge is 2.33. The molecule has 1 fully saturated rings. The number of pyridine rings is 1. The monoisotopic (exact) mass is 812 g/mol. The summed E-state index contributed by atoms with van der Waals surface area (Å²) in [6, 6.07) is 34.5. The van der Waals surface area contributed by atoms with E-state index < -0.39 is 23.4 Å². The van der Waals surface area contributed by atoms with Crippen LogP contribution in [-0.2, 0) is 29.0 Å². The quantitative estimate of drug-likeness (QED) is 0.0855. The number of hydrogen-bond donors (Lipinski definition) is 1. The number of halogens is 2. The van der Waals surface area contributed by atoms with Gasteiger partial charge in [0, 0.05) is 18.0 Å². The van der Waals surface area contributed by atoms with Crippen molar-refractivity contribution >= 4 is 23.4 Å². The minimum absolute atomic E-state index is 0.0371. The Bertz CT molecular complexity index is 2480. The van der Waals surface area contributed by atoms with Gasteiger partial charge >= 0.3 is 0 Å². The molecule has 0 radical (unpaired) electrons. The number of nitrogens with one attached hydrogen (secondary N) is 1. The molecule has 2 aromatic heterocycles. The largest absolute Gasteiger partial charge is 0.494 e. The van der Waals surface area contributed by atoms with Gasteiger partial charge in [0.25, 0.3) is 11.5 Å². The second-order valence-corrected chi connectivity index (χ2v) is 15.2. The van der Waals surface area contributed by atoms with Gasteiger partial charge < -0.3 is 14.2 Å². The van der Waals surface area contributed by atoms with Crippen LogP contribution in [0.25, 0.3) is 0 Å². The molecule has 8 rings (SSSR count). The van der Waals surface area contributed by atoms with Crippen LogP contribution in [0, 0.1) is 5.82 Å². The van der Waals surface area contributed by atoms with E-state index in [1.54, 1.807) is 24.4 Å². The number of rotatable bonds is 14. The lowest BCUT2D eigenvalue weighted by Gasteiger charge is -2.35. The van der Waals surface area contributed by atoms with Crippen molar-refractivity contribution in [3.8, 4) is 23.0 Å². The first-order valence-electron chi connectivity index (χ1n) is 19.8. The molecule has 3 atom stereocenters. The van der Waals surface area contributed by atoms with Gasteiger partial charge in [-0.15, -0.1) is 0 Å². The molecule has 1 unspecified atom stereocenters. The van der Waals surface area contributed by atoms with Crippen LogP contribution in [0.4, 0.5) is 4.39 Å². The van der Waals surface area contributed by atoms with E-state index in [1.165, 1.54) is 22.9 Å². The first kappa shape index (κ1) is 39.5. The molecule has 0 saturated carbocycles. The molecule has 1 aliphatic heterocycles. The van der Waals surface area contributed by atoms with Crippen molar-refractivity contribution in [1.29, 1.82) is 0 Å². The van der Waals surface area contributed by atoms with E-state index in [1.807, 2.05) is 48.5 Å². The Morgan fingerprint density at radius 2 is 1.54 bits per heavy atom. The Labute approximate surface area is 345 Å². The number of carbonyl (C=O) groups excluding carboxylic acids is 2. The van der Waals surface area contributed by atoms with E-state index in [-0.39, 0.29) is 41.3 Å². The average molecular weight is 813 g/mol. The van der Waals surface area contributed by atoms with Gasteiger partial charge in [-0.05, 0) is 121 Å². The predicted octanol–water partition coefficient (Wildman–Crippen LogP) is 9.04. The zero-order valence-corrected chi connectivity index (χ0v) is 32.9. The van der Waals surface area contributed by atoms with Crippen molar-refractivity contribution in [2.24, 2.45) is 0 Å². The fraction of sp³-hybridized carbons (Fsp3) is 0.255. The van der Waals surface area contributed by atoms with E-state index in [2.05, 4.69) is 57.9 Å². The van der Waals surface area contributed by atoms with Gasteiger partial charge in [0.2, 0.25) is 5.91 Å². The highest BCUT2D eigenvalue weighted by molar-refractivity contribution is 6.31. The van der Waals surface area contributed by atoms with Gasteiger partial charge in [-0.1, -0.05) is 72.3 Å². The lowest BCUT2D eigenvalue weighted by Crippen LogP contribution is -2.45. The number of unbranched alkanes of at least 4 members (excludes halogenated alkanes) is 1. The van der Waals surface area contributed by atoms with Crippen LogP contribution in [0.2, 0.25) is 5.02 Å². The molecule has 0 bridgehead atoms. The highest BCUT2D eigenvalue weighted by atomic mass is 35.5. The third-order valence-corrected chi connectivity index (χ3v) is 11.2. The van der Waals surface area contributed by atoms with Crippen molar-refractivity contribution in [3.63, 3.8) is 0 Å². The number of ether oxygens (including phenoxy) is 3. The number of piperidine rings is 1. The summed E-state index contributed by atoms with van der Waals surface area (Å²) >= 11 is 6.30. The van der Waals surface area contributed by atoms with Gasteiger partial charge in [0.05, 0.1) is 19.0 Å². The molecule has 6 aromatic rings. The molecule has 1 N–H and O–H groups in total. The van der Waals surface area contributed by atoms with Crippen molar-refractivity contribution in [3.05, 3.63) is 176 Å². The highest BCUT2D eigenvalue weighted by Crippen LogP contribution is 2.47. The molecule has 4 aromatic carbocycles. The van der Waals surface area contributed by atoms with Gasteiger partial charge in [-0.25, -0.2) is 9.07 Å². The molecule has 2 amide bonds. The van der Waals surface area contributed by atoms with Gasteiger partial charge in [-0.3, -0.25) is 24.7 Å². The number of amides is 2. The smallest absolute Gasteiger partial charge is 0.290 e. The fourth-order valence-corrected chi connectivity index (χ4v) is 8.04. The Kier molecular flexibility index (Phi) is 12.1. The summed E-state index contributed by atoms with van der Waals surface area (Å²) in [7, 11) is 0. The minimum Gasteiger partial charge on any atom is -0.494 e. The van der Waals surface area contributed by atoms with Crippen molar-refractivity contribution in [1.82, 2.24) is 20.1 Å². The summed E-state index contributed by atoms with van der Waals surface area (Å²) in [5.41, 5.74) is 6.14. The Hall–Kier alpha value is -6.33. The zero-order chi connectivity index (χ0) is 40.7. The third kappa shape index (κ3) is 9.37. The van der Waals surface area contributed by atoms with Gasteiger partial charge in [0.15, 0.2) is 10.8 Å². The maximum atomic E-state index is 13.9. The first-order valence-corrected chi connectivity index (χ1v) is 20.2. The number of benzene rings is 4. The number of aromatic nitrogens is 3. The lowest BCUT2D eigenvalue weighted by atomic mass is 9.69. The van der Waals surface area contributed by atoms with E-state index in [4.69, 9.17) is 25.8 Å². The van der Waals surface area contributed by atoms with Crippen LogP contribution >= 0.6 is 11.6 Å². The van der Waals surface area contributed by atoms with Gasteiger partial charge in [0.1, 0.15) is 35.7 Å². The summed E-state index contributed by atoms with van der Waals surface area (Å²) in [6.07, 6.45) is 7.34. The minimum atomic E-state index is -0.923. The number of aryl methyl sites for hydroxylation is 2. The first-order chi connectivity index (χ1) is 28.8. The van der Waals surface area contributed by atoms with Gasteiger partial charge in [-0.2, -0.15) is 5.10 Å². The maximum Gasteiger partial charge on any atom is 0.290 e. The summed E-state index contributed by atoms with van der Waals surface area (Å²) in [4.78, 5) is 41.1. The van der Waals surface area contributed by atoms with E-state index in [0.717, 1.165) is 65.1 Å². The topological polar surface area (TPSA) is 122 Å². The number of imide groups is 1. The average Bonchev–Trinajstić information content (AvgIpc) is 3.26. The summed E-state index contributed by atoms with van der Waals surface area (Å²) in [5, 5.41) is 6.06. The molecule has 3 heterocycles. The summed E-state index contributed by atoms with van der Waals surface area (Å²) in [5.74, 6) is 1.13. The fourth-order valence-electron chi connectivity index (χ4n) is 7.86. The second kappa shape index (κ2) is 18.1. The summed E-state index contributed by atoms with van der Waals surface area (Å²) < 4.78 is 33.0. The van der Waals surface area contributed by atoms with E-state index >= 15 is 0 Å². The number of carbonyl (C=O) groups is 2. The van der Waals surface area contributed by atoms with E-state index in [0.29, 0.717) is 19.0 Å². The van der Waals surface area contributed by atoms with Crippen LogP contribution in [-0.4, -0.2) is 33.2 Å². The molecule has 10 nitrogen and oxygen atoms in total. The third-order valence-electron chi connectivity index (χ3n) is 10.9.